The molecule has 1 fully saturated rings. The summed E-state index contributed by atoms with van der Waals surface area (Å²) in [6.07, 6.45) is -1.81. The zero-order valence-corrected chi connectivity index (χ0v) is 14.5. The molecule has 7 heteroatoms. The molecule has 1 aliphatic heterocycles. The first-order chi connectivity index (χ1) is 11.1. The summed E-state index contributed by atoms with van der Waals surface area (Å²) in [6, 6.07) is 2.92. The maximum absolute atomic E-state index is 12.8. The fourth-order valence-corrected chi connectivity index (χ4v) is 2.52. The van der Waals surface area contributed by atoms with Gasteiger partial charge in [0.2, 0.25) is 0 Å². The average molecular weight is 342 g/mol. The van der Waals surface area contributed by atoms with E-state index in [9.17, 15) is 13.6 Å². The molecule has 1 saturated heterocycles. The van der Waals surface area contributed by atoms with Crippen LogP contribution in [-0.2, 0) is 4.74 Å². The Hall–Kier alpha value is -1.92. The van der Waals surface area contributed by atoms with Gasteiger partial charge in [0.1, 0.15) is 23.1 Å². The number of halogens is 2. The zero-order valence-electron chi connectivity index (χ0n) is 14.5. The lowest BCUT2D eigenvalue weighted by atomic mass is 10.1. The van der Waals surface area contributed by atoms with Gasteiger partial charge < -0.3 is 14.4 Å². The van der Waals surface area contributed by atoms with Gasteiger partial charge in [-0.3, -0.25) is 4.98 Å². The summed E-state index contributed by atoms with van der Waals surface area (Å²) in [5.41, 5.74) is -0.310. The highest BCUT2D eigenvalue weighted by atomic mass is 19.3. The first-order valence-electron chi connectivity index (χ1n) is 8.05. The van der Waals surface area contributed by atoms with E-state index in [2.05, 4.69) is 4.98 Å². The van der Waals surface area contributed by atoms with Crippen LogP contribution in [0.3, 0.4) is 0 Å². The van der Waals surface area contributed by atoms with Crippen LogP contribution < -0.4 is 4.74 Å². The summed E-state index contributed by atoms with van der Waals surface area (Å²) in [5, 5.41) is 0. The van der Waals surface area contributed by atoms with Crippen LogP contribution in [0.15, 0.2) is 12.1 Å². The molecule has 1 aliphatic rings. The quantitative estimate of drug-likeness (QED) is 0.830. The zero-order chi connectivity index (χ0) is 17.9. The van der Waals surface area contributed by atoms with E-state index in [1.54, 1.807) is 17.9 Å². The number of likely N-dealkylation sites (tertiary alicyclic amines) is 1. The fraction of sp³-hybridized carbons (Fsp3) is 0.647. The van der Waals surface area contributed by atoms with Crippen LogP contribution in [0.5, 0.6) is 5.75 Å². The van der Waals surface area contributed by atoms with Crippen molar-refractivity contribution in [1.29, 1.82) is 0 Å². The van der Waals surface area contributed by atoms with Gasteiger partial charge in [0, 0.05) is 43.8 Å². The van der Waals surface area contributed by atoms with E-state index in [4.69, 9.17) is 9.47 Å². The largest absolute Gasteiger partial charge is 0.490 e. The lowest BCUT2D eigenvalue weighted by Gasteiger charge is -2.33. The van der Waals surface area contributed by atoms with Crippen LogP contribution in [0.2, 0.25) is 0 Å². The van der Waals surface area contributed by atoms with Gasteiger partial charge >= 0.3 is 6.09 Å². The van der Waals surface area contributed by atoms with Gasteiger partial charge in [-0.05, 0) is 27.7 Å². The number of amides is 1. The van der Waals surface area contributed by atoms with Crippen molar-refractivity contribution in [3.63, 3.8) is 0 Å². The summed E-state index contributed by atoms with van der Waals surface area (Å²) in [4.78, 5) is 17.5. The summed E-state index contributed by atoms with van der Waals surface area (Å²) in [7, 11) is 0. The maximum atomic E-state index is 12.8. The Kier molecular flexibility index (Phi) is 5.62. The van der Waals surface area contributed by atoms with Crippen LogP contribution in [0, 0.1) is 6.92 Å². The van der Waals surface area contributed by atoms with E-state index in [1.165, 1.54) is 6.07 Å². The molecule has 0 saturated carbocycles. The van der Waals surface area contributed by atoms with Gasteiger partial charge in [0.05, 0.1) is 0 Å². The molecule has 1 aromatic rings. The van der Waals surface area contributed by atoms with Gasteiger partial charge in [0.15, 0.2) is 0 Å². The molecule has 0 N–H and O–H groups in total. The minimum Gasteiger partial charge on any atom is -0.490 e. The van der Waals surface area contributed by atoms with Crippen LogP contribution in [0.1, 0.15) is 51.4 Å². The van der Waals surface area contributed by atoms with Crippen molar-refractivity contribution >= 4 is 6.09 Å². The maximum Gasteiger partial charge on any atom is 0.410 e. The van der Waals surface area contributed by atoms with Crippen molar-refractivity contribution < 1.29 is 23.0 Å². The number of carbonyl (C=O) groups excluding carboxylic acids is 1. The minimum atomic E-state index is -2.62. The van der Waals surface area contributed by atoms with Crippen LogP contribution >= 0.6 is 0 Å². The molecule has 0 bridgehead atoms. The van der Waals surface area contributed by atoms with Crippen LogP contribution in [-0.4, -0.2) is 40.8 Å². The van der Waals surface area contributed by atoms with E-state index in [-0.39, 0.29) is 17.9 Å². The molecule has 0 radical (unpaired) electrons. The topological polar surface area (TPSA) is 51.7 Å². The number of pyridine rings is 1. The Balaban J connectivity index is 1.90. The van der Waals surface area contributed by atoms with E-state index < -0.39 is 12.0 Å². The summed E-state index contributed by atoms with van der Waals surface area (Å²) >= 11 is 0. The van der Waals surface area contributed by atoms with Gasteiger partial charge in [-0.2, -0.15) is 0 Å². The lowest BCUT2D eigenvalue weighted by Crippen LogP contribution is -2.44. The number of aromatic nitrogens is 1. The van der Waals surface area contributed by atoms with E-state index in [0.29, 0.717) is 37.4 Å². The number of aryl methyl sites for hydroxylation is 1. The fourth-order valence-electron chi connectivity index (χ4n) is 2.52. The number of piperidine rings is 1. The number of rotatable bonds is 3. The second-order valence-electron chi connectivity index (χ2n) is 6.95. The van der Waals surface area contributed by atoms with E-state index in [0.717, 1.165) is 0 Å². The Bertz CT molecular complexity index is 580. The monoisotopic (exact) mass is 342 g/mol. The van der Waals surface area contributed by atoms with Crippen molar-refractivity contribution in [2.24, 2.45) is 0 Å². The van der Waals surface area contributed by atoms with Gasteiger partial charge in [0.25, 0.3) is 6.43 Å². The molecule has 5 nitrogen and oxygen atoms in total. The molecular formula is C17H24F2N2O3. The minimum absolute atomic E-state index is 0.115. The predicted octanol–water partition coefficient (Wildman–Crippen LogP) is 4.11. The number of ether oxygens (including phenoxy) is 2. The number of hydrogen-bond donors (Lipinski definition) is 0. The van der Waals surface area contributed by atoms with Crippen molar-refractivity contribution in [2.45, 2.75) is 58.7 Å². The molecule has 0 atom stereocenters. The Labute approximate surface area is 141 Å². The molecule has 1 aromatic heterocycles. The summed E-state index contributed by atoms with van der Waals surface area (Å²) < 4.78 is 36.8. The Morgan fingerprint density at radius 3 is 2.46 bits per heavy atom. The molecule has 0 unspecified atom stereocenters. The second-order valence-corrected chi connectivity index (χ2v) is 6.95. The molecule has 0 aliphatic carbocycles. The molecule has 24 heavy (non-hydrogen) atoms. The lowest BCUT2D eigenvalue weighted by molar-refractivity contribution is 0.0126. The molecule has 2 rings (SSSR count). The third-order valence-corrected chi connectivity index (χ3v) is 3.57. The highest BCUT2D eigenvalue weighted by Crippen LogP contribution is 2.25. The number of nitrogens with zero attached hydrogens (tertiary/aromatic N) is 2. The third kappa shape index (κ3) is 5.32. The first kappa shape index (κ1) is 18.4. The molecule has 0 aromatic carbocycles. The summed E-state index contributed by atoms with van der Waals surface area (Å²) in [5.74, 6) is 0.397. The number of hydrogen-bond acceptors (Lipinski definition) is 4. The Morgan fingerprint density at radius 2 is 1.92 bits per heavy atom. The Morgan fingerprint density at radius 1 is 1.29 bits per heavy atom. The molecule has 134 valence electrons. The SMILES string of the molecule is Cc1cc(OC2CCN(C(=O)OC(C)(C)C)CC2)cc(C(F)F)n1. The smallest absolute Gasteiger partial charge is 0.410 e. The number of carbonyl (C=O) groups is 1. The van der Waals surface area contributed by atoms with Gasteiger partial charge in [-0.15, -0.1) is 0 Å². The van der Waals surface area contributed by atoms with Gasteiger partial charge in [-0.1, -0.05) is 0 Å². The third-order valence-electron chi connectivity index (χ3n) is 3.57. The van der Waals surface area contributed by atoms with Crippen molar-refractivity contribution in [3.05, 3.63) is 23.5 Å². The molecule has 1 amide bonds. The molecular weight excluding hydrogens is 318 g/mol. The normalized spacial score (nSPS) is 16.4. The van der Waals surface area contributed by atoms with Gasteiger partial charge in [-0.25, -0.2) is 13.6 Å². The molecule has 2 heterocycles. The predicted molar refractivity (Wildman–Crippen MR) is 85.4 cm³/mol. The first-order valence-corrected chi connectivity index (χ1v) is 8.05. The number of alkyl halides is 2. The van der Waals surface area contributed by atoms with Crippen LogP contribution in [0.4, 0.5) is 13.6 Å². The standard InChI is InChI=1S/C17H24F2N2O3/c1-11-9-13(10-14(20-11)15(18)19)23-12-5-7-21(8-6-12)16(22)24-17(2,3)4/h9-10,12,15H,5-8H2,1-4H3. The highest BCUT2D eigenvalue weighted by Gasteiger charge is 2.27. The molecule has 0 spiro atoms. The van der Waals surface area contributed by atoms with E-state index >= 15 is 0 Å². The summed E-state index contributed by atoms with van der Waals surface area (Å²) in [6.45, 7) is 8.17. The highest BCUT2D eigenvalue weighted by molar-refractivity contribution is 5.68. The van der Waals surface area contributed by atoms with Crippen molar-refractivity contribution in [3.8, 4) is 5.75 Å². The van der Waals surface area contributed by atoms with Crippen molar-refractivity contribution in [1.82, 2.24) is 9.88 Å². The van der Waals surface area contributed by atoms with Crippen molar-refractivity contribution in [2.75, 3.05) is 13.1 Å². The van der Waals surface area contributed by atoms with E-state index in [1.807, 2.05) is 20.8 Å². The van der Waals surface area contributed by atoms with Crippen LogP contribution in [0.25, 0.3) is 0 Å². The average Bonchev–Trinajstić information content (AvgIpc) is 2.45. The second kappa shape index (κ2) is 7.32.